The highest BCUT2D eigenvalue weighted by molar-refractivity contribution is 5.72. The highest BCUT2D eigenvalue weighted by Gasteiger charge is 2.18. The average Bonchev–Trinajstić information content (AvgIpc) is 2.69. The van der Waals surface area contributed by atoms with Crippen molar-refractivity contribution < 1.29 is 19.4 Å². The van der Waals surface area contributed by atoms with Crippen LogP contribution >= 0.6 is 0 Å². The van der Waals surface area contributed by atoms with Crippen LogP contribution in [0.15, 0.2) is 42.6 Å². The number of carboxylic acids is 1. The van der Waals surface area contributed by atoms with Gasteiger partial charge in [0.05, 0.1) is 6.61 Å². The van der Waals surface area contributed by atoms with Gasteiger partial charge in [0.1, 0.15) is 5.75 Å². The van der Waals surface area contributed by atoms with Crippen LogP contribution in [0, 0.1) is 0 Å². The Morgan fingerprint density at radius 2 is 2.00 bits per heavy atom. The Hall–Kier alpha value is -2.40. The van der Waals surface area contributed by atoms with Crippen molar-refractivity contribution in [1.29, 1.82) is 0 Å². The molecule has 0 amide bonds. The van der Waals surface area contributed by atoms with Crippen LogP contribution in [-0.4, -0.2) is 35.4 Å². The van der Waals surface area contributed by atoms with Crippen molar-refractivity contribution in [2.75, 3.05) is 13.2 Å². The first kappa shape index (κ1) is 20.9. The van der Waals surface area contributed by atoms with Gasteiger partial charge in [-0.15, -0.1) is 0 Å². The molecule has 5 nitrogen and oxygen atoms in total. The molecule has 0 fully saturated rings. The minimum atomic E-state index is -0.934. The van der Waals surface area contributed by atoms with Crippen LogP contribution in [0.3, 0.4) is 0 Å². The number of hydrogen-bond acceptors (Lipinski definition) is 4. The quantitative estimate of drug-likeness (QED) is 0.570. The number of hydrogen-bond donors (Lipinski definition) is 1. The normalized spacial score (nSPS) is 11.9. The smallest absolute Gasteiger partial charge is 0.333 e. The summed E-state index contributed by atoms with van der Waals surface area (Å²) in [5.74, 6) is -0.183. The maximum absolute atomic E-state index is 11.3. The van der Waals surface area contributed by atoms with Crippen LogP contribution < -0.4 is 4.74 Å². The topological polar surface area (TPSA) is 68.7 Å². The Kier molecular flexibility index (Phi) is 8.78. The zero-order valence-electron chi connectivity index (χ0n) is 16.2. The second-order valence-electron chi connectivity index (χ2n) is 6.51. The van der Waals surface area contributed by atoms with Gasteiger partial charge in [-0.1, -0.05) is 32.0 Å². The summed E-state index contributed by atoms with van der Waals surface area (Å²) in [6.07, 6.45) is 4.98. The molecule has 1 atom stereocenters. The lowest BCUT2D eigenvalue weighted by molar-refractivity contribution is -0.150. The third kappa shape index (κ3) is 7.39. The highest BCUT2D eigenvalue weighted by atomic mass is 16.5. The molecule has 146 valence electrons. The first-order valence-corrected chi connectivity index (χ1v) is 9.62. The predicted octanol–water partition coefficient (Wildman–Crippen LogP) is 4.08. The van der Waals surface area contributed by atoms with E-state index in [0.717, 1.165) is 42.7 Å². The third-order valence-electron chi connectivity index (χ3n) is 4.26. The van der Waals surface area contributed by atoms with E-state index in [-0.39, 0.29) is 0 Å². The second-order valence-corrected chi connectivity index (χ2v) is 6.51. The number of carboxylic acid groups (broad SMARTS) is 1. The Labute approximate surface area is 161 Å². The fraction of sp³-hybridized carbons (Fsp3) is 0.455. The predicted molar refractivity (Wildman–Crippen MR) is 105 cm³/mol. The maximum Gasteiger partial charge on any atom is 0.333 e. The lowest BCUT2D eigenvalue weighted by atomic mass is 10.1. The molecule has 0 saturated heterocycles. The van der Waals surface area contributed by atoms with Crippen molar-refractivity contribution in [2.45, 2.75) is 52.1 Å². The Morgan fingerprint density at radius 1 is 1.15 bits per heavy atom. The molecule has 2 aromatic rings. The van der Waals surface area contributed by atoms with Crippen molar-refractivity contribution in [1.82, 2.24) is 4.98 Å². The monoisotopic (exact) mass is 371 g/mol. The first-order chi connectivity index (χ1) is 13.1. The molecule has 0 aliphatic carbocycles. The second kappa shape index (κ2) is 11.3. The summed E-state index contributed by atoms with van der Waals surface area (Å²) >= 11 is 0. The van der Waals surface area contributed by atoms with Gasteiger partial charge in [0, 0.05) is 24.9 Å². The molecule has 1 N–H and O–H groups in total. The van der Waals surface area contributed by atoms with Gasteiger partial charge in [-0.05, 0) is 55.0 Å². The molecular formula is C22H29NO4. The molecule has 0 bridgehead atoms. The molecule has 0 radical (unpaired) electrons. The Bertz CT molecular complexity index is 700. The van der Waals surface area contributed by atoms with Crippen molar-refractivity contribution >= 4 is 5.97 Å². The third-order valence-corrected chi connectivity index (χ3v) is 4.26. The van der Waals surface area contributed by atoms with Gasteiger partial charge in [0.25, 0.3) is 0 Å². The zero-order chi connectivity index (χ0) is 19.5. The SMILES string of the molecule is CCCOC(Cc1cccc(OCCCc2ccc(CC)cn2)c1)C(=O)O. The van der Waals surface area contributed by atoms with Gasteiger partial charge in [0.15, 0.2) is 6.10 Å². The maximum atomic E-state index is 11.3. The van der Waals surface area contributed by atoms with Crippen LogP contribution in [-0.2, 0) is 28.8 Å². The Balaban J connectivity index is 1.81. The molecule has 1 unspecified atom stereocenters. The van der Waals surface area contributed by atoms with E-state index in [1.165, 1.54) is 5.56 Å². The van der Waals surface area contributed by atoms with Crippen LogP contribution in [0.5, 0.6) is 5.75 Å². The molecule has 0 aliphatic heterocycles. The summed E-state index contributed by atoms with van der Waals surface area (Å²) in [7, 11) is 0. The van der Waals surface area contributed by atoms with Crippen LogP contribution in [0.4, 0.5) is 0 Å². The molecule has 5 heteroatoms. The summed E-state index contributed by atoms with van der Waals surface area (Å²) in [5.41, 5.74) is 3.21. The summed E-state index contributed by atoms with van der Waals surface area (Å²) in [5, 5.41) is 9.28. The van der Waals surface area contributed by atoms with Gasteiger partial charge in [0.2, 0.25) is 0 Å². The van der Waals surface area contributed by atoms with E-state index in [0.29, 0.717) is 19.6 Å². The van der Waals surface area contributed by atoms with Crippen LogP contribution in [0.25, 0.3) is 0 Å². The molecular weight excluding hydrogens is 342 g/mol. The van der Waals surface area contributed by atoms with Crippen LogP contribution in [0.2, 0.25) is 0 Å². The van der Waals surface area contributed by atoms with Gasteiger partial charge >= 0.3 is 5.97 Å². The minimum absolute atomic E-state index is 0.334. The summed E-state index contributed by atoms with van der Waals surface area (Å²) < 4.78 is 11.2. The van der Waals surface area contributed by atoms with Crippen molar-refractivity contribution in [3.8, 4) is 5.75 Å². The molecule has 1 aromatic carbocycles. The van der Waals surface area contributed by atoms with Crippen molar-refractivity contribution in [3.63, 3.8) is 0 Å². The standard InChI is InChI=1S/C22H29NO4/c1-3-12-27-21(22(24)25)15-18-7-5-9-20(14-18)26-13-6-8-19-11-10-17(4-2)16-23-19/h5,7,9-11,14,16,21H,3-4,6,8,12-13,15H2,1-2H3,(H,24,25). The lowest BCUT2D eigenvalue weighted by Crippen LogP contribution is -2.26. The average molecular weight is 371 g/mol. The number of aromatic nitrogens is 1. The van der Waals surface area contributed by atoms with E-state index < -0.39 is 12.1 Å². The zero-order valence-corrected chi connectivity index (χ0v) is 16.2. The van der Waals surface area contributed by atoms with E-state index in [9.17, 15) is 9.90 Å². The van der Waals surface area contributed by atoms with Gasteiger partial charge in [-0.2, -0.15) is 0 Å². The van der Waals surface area contributed by atoms with Gasteiger partial charge < -0.3 is 14.6 Å². The number of aliphatic carboxylic acids is 1. The summed E-state index contributed by atoms with van der Waals surface area (Å²) in [6, 6.07) is 11.7. The molecule has 1 aromatic heterocycles. The van der Waals surface area contributed by atoms with E-state index in [1.54, 1.807) is 0 Å². The largest absolute Gasteiger partial charge is 0.494 e. The number of nitrogens with zero attached hydrogens (tertiary/aromatic N) is 1. The number of benzene rings is 1. The number of aryl methyl sites for hydroxylation is 2. The molecule has 0 saturated carbocycles. The lowest BCUT2D eigenvalue weighted by Gasteiger charge is -2.14. The Morgan fingerprint density at radius 3 is 2.67 bits per heavy atom. The van der Waals surface area contributed by atoms with E-state index in [2.05, 4.69) is 24.0 Å². The highest BCUT2D eigenvalue weighted by Crippen LogP contribution is 2.16. The van der Waals surface area contributed by atoms with Gasteiger partial charge in [-0.3, -0.25) is 4.98 Å². The van der Waals surface area contributed by atoms with Crippen LogP contribution in [0.1, 0.15) is 43.5 Å². The number of ether oxygens (including phenoxy) is 2. The molecule has 1 heterocycles. The van der Waals surface area contributed by atoms with E-state index in [1.807, 2.05) is 37.4 Å². The molecule has 2 rings (SSSR count). The summed E-state index contributed by atoms with van der Waals surface area (Å²) in [6.45, 7) is 5.12. The molecule has 0 aliphatic rings. The van der Waals surface area contributed by atoms with Gasteiger partial charge in [-0.25, -0.2) is 4.79 Å². The van der Waals surface area contributed by atoms with Crippen molar-refractivity contribution in [3.05, 3.63) is 59.4 Å². The van der Waals surface area contributed by atoms with E-state index >= 15 is 0 Å². The summed E-state index contributed by atoms with van der Waals surface area (Å²) in [4.78, 5) is 15.8. The van der Waals surface area contributed by atoms with E-state index in [4.69, 9.17) is 9.47 Å². The fourth-order valence-corrected chi connectivity index (χ4v) is 2.71. The number of pyridine rings is 1. The molecule has 0 spiro atoms. The fourth-order valence-electron chi connectivity index (χ4n) is 2.71. The molecule has 27 heavy (non-hydrogen) atoms. The first-order valence-electron chi connectivity index (χ1n) is 9.62. The van der Waals surface area contributed by atoms with Crippen molar-refractivity contribution in [2.24, 2.45) is 0 Å². The minimum Gasteiger partial charge on any atom is -0.494 e. The number of rotatable bonds is 12. The number of carbonyl (C=O) groups is 1.